The molecule has 1 aliphatic heterocycles. The van der Waals surface area contributed by atoms with E-state index in [0.29, 0.717) is 47.0 Å². The third-order valence-electron chi connectivity index (χ3n) is 5.17. The molecule has 3 aromatic rings. The lowest BCUT2D eigenvalue weighted by Gasteiger charge is -2.24. The molecular formula is C23H21F2N3O2. The zero-order valence-electron chi connectivity index (χ0n) is 17.2. The van der Waals surface area contributed by atoms with Gasteiger partial charge in [0.25, 0.3) is 5.91 Å². The molecule has 2 heterocycles. The summed E-state index contributed by atoms with van der Waals surface area (Å²) in [5.41, 5.74) is 2.98. The van der Waals surface area contributed by atoms with Gasteiger partial charge in [-0.25, -0.2) is 4.98 Å². The summed E-state index contributed by atoms with van der Waals surface area (Å²) >= 11 is 0. The lowest BCUT2D eigenvalue weighted by Crippen LogP contribution is -2.30. The first-order valence-corrected chi connectivity index (χ1v) is 9.67. The van der Waals surface area contributed by atoms with Gasteiger partial charge in [-0.3, -0.25) is 9.36 Å². The van der Waals surface area contributed by atoms with Gasteiger partial charge in [0.15, 0.2) is 0 Å². The first kappa shape index (κ1) is 19.9. The maximum atomic E-state index is 13.4. The van der Waals surface area contributed by atoms with Crippen molar-refractivity contribution < 1.29 is 18.3 Å². The van der Waals surface area contributed by atoms with Gasteiger partial charge in [0.05, 0.1) is 28.3 Å². The highest BCUT2D eigenvalue weighted by molar-refractivity contribution is 6.00. The van der Waals surface area contributed by atoms with Gasteiger partial charge in [0, 0.05) is 25.6 Å². The first-order chi connectivity index (χ1) is 14.2. The van der Waals surface area contributed by atoms with Crippen LogP contribution < -0.4 is 4.74 Å². The number of benzene rings is 2. The Bertz CT molecular complexity index is 1210. The third-order valence-corrected chi connectivity index (χ3v) is 5.17. The Morgan fingerprint density at radius 3 is 2.70 bits per heavy atom. The van der Waals surface area contributed by atoms with Gasteiger partial charge in [0.1, 0.15) is 11.6 Å². The Kier molecular flexibility index (Phi) is 4.73. The Labute approximate surface area is 173 Å². The molecule has 154 valence electrons. The number of aromatic nitrogens is 2. The molecular weight excluding hydrogens is 388 g/mol. The van der Waals surface area contributed by atoms with Crippen LogP contribution in [0.5, 0.6) is 5.75 Å². The number of carbonyl (C=O) groups excluding carboxylic acids is 1. The van der Waals surface area contributed by atoms with Crippen LogP contribution in [0.4, 0.5) is 8.78 Å². The molecule has 1 amide bonds. The zero-order valence-corrected chi connectivity index (χ0v) is 17.2. The van der Waals surface area contributed by atoms with Crippen molar-refractivity contribution in [2.75, 3.05) is 7.05 Å². The van der Waals surface area contributed by atoms with Crippen molar-refractivity contribution in [2.45, 2.75) is 39.3 Å². The Hall–Kier alpha value is -3.40. The molecule has 0 spiro atoms. The number of hydrogen-bond acceptors (Lipinski definition) is 3. The van der Waals surface area contributed by atoms with Gasteiger partial charge < -0.3 is 9.64 Å². The molecule has 30 heavy (non-hydrogen) atoms. The normalized spacial score (nSPS) is 15.9. The third kappa shape index (κ3) is 3.18. The molecule has 0 N–H and O–H groups in total. The van der Waals surface area contributed by atoms with E-state index in [4.69, 9.17) is 9.72 Å². The smallest absolute Gasteiger partial charge is 0.394 e. The van der Waals surface area contributed by atoms with Crippen LogP contribution in [-0.2, 0) is 0 Å². The van der Waals surface area contributed by atoms with E-state index in [1.54, 1.807) is 37.1 Å². The standard InChI is InChI=1S/C23H21F2N3O2/c1-5-8-14-9-7-10-16-20(14)28-19-13-15(30-23(3,24)25)11-12-17(19)26-21(28)18(6-2)27(4)22(16)29/h7,9-13,18H,6H2,1-4H3. The second-order valence-corrected chi connectivity index (χ2v) is 7.28. The summed E-state index contributed by atoms with van der Waals surface area (Å²) in [5.74, 6) is 6.49. The van der Waals surface area contributed by atoms with Gasteiger partial charge in [-0.1, -0.05) is 18.9 Å². The minimum atomic E-state index is -3.31. The maximum absolute atomic E-state index is 13.4. The molecule has 1 atom stereocenters. The Morgan fingerprint density at radius 1 is 1.27 bits per heavy atom. The topological polar surface area (TPSA) is 47.4 Å². The van der Waals surface area contributed by atoms with E-state index in [9.17, 15) is 13.6 Å². The first-order valence-electron chi connectivity index (χ1n) is 9.67. The monoisotopic (exact) mass is 409 g/mol. The summed E-state index contributed by atoms with van der Waals surface area (Å²) in [5, 5.41) is 0. The van der Waals surface area contributed by atoms with Crippen molar-refractivity contribution in [3.63, 3.8) is 0 Å². The summed E-state index contributed by atoms with van der Waals surface area (Å²) in [6.45, 7) is 4.40. The zero-order chi connectivity index (χ0) is 21.6. The van der Waals surface area contributed by atoms with E-state index in [2.05, 4.69) is 11.8 Å². The van der Waals surface area contributed by atoms with Crippen LogP contribution in [0.3, 0.4) is 0 Å². The Balaban J connectivity index is 2.10. The molecule has 1 aliphatic rings. The van der Waals surface area contributed by atoms with Crippen molar-refractivity contribution in [1.82, 2.24) is 14.5 Å². The van der Waals surface area contributed by atoms with Crippen LogP contribution in [0.2, 0.25) is 0 Å². The summed E-state index contributed by atoms with van der Waals surface area (Å²) in [7, 11) is 1.75. The van der Waals surface area contributed by atoms with Gasteiger partial charge >= 0.3 is 6.11 Å². The second-order valence-electron chi connectivity index (χ2n) is 7.28. The molecule has 7 heteroatoms. The van der Waals surface area contributed by atoms with Crippen LogP contribution >= 0.6 is 0 Å². The molecule has 1 unspecified atom stereocenters. The molecule has 4 rings (SSSR count). The summed E-state index contributed by atoms with van der Waals surface area (Å²) in [6.07, 6.45) is -2.67. The molecule has 0 fully saturated rings. The SMILES string of the molecule is CC#Cc1cccc2c1-n1c(nc3ccc(OC(C)(F)F)cc31)C(CC)N(C)C2=O. The Morgan fingerprint density at radius 2 is 2.03 bits per heavy atom. The lowest BCUT2D eigenvalue weighted by molar-refractivity contribution is -0.158. The van der Waals surface area contributed by atoms with Crippen LogP contribution in [0.25, 0.3) is 16.7 Å². The van der Waals surface area contributed by atoms with Gasteiger partial charge in [-0.05, 0) is 37.6 Å². The number of para-hydroxylation sites is 1. The van der Waals surface area contributed by atoms with Crippen LogP contribution in [0, 0.1) is 11.8 Å². The highest BCUT2D eigenvalue weighted by Gasteiger charge is 2.34. The molecule has 1 aromatic heterocycles. The van der Waals surface area contributed by atoms with E-state index >= 15 is 0 Å². The lowest BCUT2D eigenvalue weighted by atomic mass is 10.1. The number of rotatable bonds is 3. The fraction of sp³-hybridized carbons (Fsp3) is 0.304. The van der Waals surface area contributed by atoms with Gasteiger partial charge in [0.2, 0.25) is 0 Å². The second kappa shape index (κ2) is 7.13. The fourth-order valence-electron chi connectivity index (χ4n) is 3.96. The number of halogens is 2. The fourth-order valence-corrected chi connectivity index (χ4v) is 3.96. The molecule has 0 saturated heterocycles. The summed E-state index contributed by atoms with van der Waals surface area (Å²) in [6, 6.07) is 9.76. The van der Waals surface area contributed by atoms with Gasteiger partial charge in [-0.15, -0.1) is 5.92 Å². The number of imidazole rings is 1. The number of hydrogen-bond donors (Lipinski definition) is 0. The molecule has 0 saturated carbocycles. The van der Waals surface area contributed by atoms with Crippen LogP contribution in [-0.4, -0.2) is 33.5 Å². The number of alkyl halides is 2. The molecule has 0 aliphatic carbocycles. The average molecular weight is 409 g/mol. The van der Waals surface area contributed by atoms with E-state index in [1.165, 1.54) is 12.1 Å². The predicted octanol–water partition coefficient (Wildman–Crippen LogP) is 4.93. The number of fused-ring (bicyclic) bond motifs is 5. The van der Waals surface area contributed by atoms with Gasteiger partial charge in [-0.2, -0.15) is 8.78 Å². The molecule has 0 bridgehead atoms. The average Bonchev–Trinajstić information content (AvgIpc) is 3.01. The minimum Gasteiger partial charge on any atom is -0.433 e. The van der Waals surface area contributed by atoms with Crippen molar-refractivity contribution in [3.05, 3.63) is 53.3 Å². The highest BCUT2D eigenvalue weighted by atomic mass is 19.3. The molecule has 5 nitrogen and oxygen atoms in total. The largest absolute Gasteiger partial charge is 0.433 e. The van der Waals surface area contributed by atoms with Crippen molar-refractivity contribution in [3.8, 4) is 23.3 Å². The van der Waals surface area contributed by atoms with Crippen molar-refractivity contribution >= 4 is 16.9 Å². The number of amides is 1. The van der Waals surface area contributed by atoms with Crippen LogP contribution in [0.1, 0.15) is 55.0 Å². The number of carbonyl (C=O) groups is 1. The van der Waals surface area contributed by atoms with Crippen molar-refractivity contribution in [2.24, 2.45) is 0 Å². The van der Waals surface area contributed by atoms with E-state index < -0.39 is 6.11 Å². The summed E-state index contributed by atoms with van der Waals surface area (Å²) in [4.78, 5) is 19.7. The predicted molar refractivity (Wildman–Crippen MR) is 110 cm³/mol. The van der Waals surface area contributed by atoms with Crippen LogP contribution in [0.15, 0.2) is 36.4 Å². The summed E-state index contributed by atoms with van der Waals surface area (Å²) < 4.78 is 33.5. The van der Waals surface area contributed by atoms with Crippen molar-refractivity contribution in [1.29, 1.82) is 0 Å². The van der Waals surface area contributed by atoms with E-state index in [-0.39, 0.29) is 17.7 Å². The minimum absolute atomic E-state index is 0.0234. The quantitative estimate of drug-likeness (QED) is 0.577. The number of nitrogens with zero attached hydrogens (tertiary/aromatic N) is 3. The highest BCUT2D eigenvalue weighted by Crippen LogP contribution is 2.38. The number of ether oxygens (including phenoxy) is 1. The van der Waals surface area contributed by atoms with E-state index in [0.717, 1.165) is 0 Å². The maximum Gasteiger partial charge on any atom is 0.394 e. The molecule has 0 radical (unpaired) electrons. The van der Waals surface area contributed by atoms with E-state index in [1.807, 2.05) is 17.6 Å². The molecule has 2 aromatic carbocycles.